The van der Waals surface area contributed by atoms with E-state index < -0.39 is 11.9 Å². The molecule has 104 valence electrons. The fraction of sp³-hybridized carbons (Fsp3) is 0.333. The van der Waals surface area contributed by atoms with E-state index in [2.05, 4.69) is 5.32 Å². The Kier molecular flexibility index (Phi) is 3.18. The molecule has 1 aliphatic heterocycles. The Morgan fingerprint density at radius 2 is 1.80 bits per heavy atom. The molecule has 1 heterocycles. The van der Waals surface area contributed by atoms with Crippen molar-refractivity contribution in [3.63, 3.8) is 0 Å². The lowest BCUT2D eigenvalue weighted by molar-refractivity contribution is -0.140. The number of carboxylic acids is 1. The first-order valence-electron chi connectivity index (χ1n) is 6.67. The number of hydrogen-bond acceptors (Lipinski definition) is 2. The van der Waals surface area contributed by atoms with Crippen molar-refractivity contribution in [1.29, 1.82) is 0 Å². The molecule has 0 spiro atoms. The van der Waals surface area contributed by atoms with Crippen molar-refractivity contribution in [2.75, 3.05) is 0 Å². The summed E-state index contributed by atoms with van der Waals surface area (Å²) in [5, 5.41) is 11.8. The largest absolute Gasteiger partial charge is 0.481 e. The molecule has 0 saturated heterocycles. The number of aliphatic carboxylic acids is 1. The molecule has 2 unspecified atom stereocenters. The molecule has 5 nitrogen and oxygen atoms in total. The van der Waals surface area contributed by atoms with Crippen molar-refractivity contribution in [2.45, 2.75) is 25.6 Å². The van der Waals surface area contributed by atoms with Gasteiger partial charge in [-0.3, -0.25) is 4.79 Å². The first-order chi connectivity index (χ1) is 9.63. The van der Waals surface area contributed by atoms with E-state index in [4.69, 9.17) is 5.11 Å². The van der Waals surface area contributed by atoms with Crippen LogP contribution in [-0.2, 0) is 17.9 Å². The molecule has 0 saturated carbocycles. The van der Waals surface area contributed by atoms with Crippen molar-refractivity contribution in [3.8, 4) is 0 Å². The van der Waals surface area contributed by atoms with Crippen molar-refractivity contribution in [1.82, 2.24) is 10.2 Å². The lowest BCUT2D eigenvalue weighted by Gasteiger charge is -2.19. The third-order valence-corrected chi connectivity index (χ3v) is 3.84. The van der Waals surface area contributed by atoms with Crippen molar-refractivity contribution < 1.29 is 14.7 Å². The van der Waals surface area contributed by atoms with E-state index in [9.17, 15) is 9.59 Å². The number of carbonyl (C=O) groups excluding carboxylic acids is 1. The number of amides is 2. The van der Waals surface area contributed by atoms with Crippen molar-refractivity contribution in [3.05, 3.63) is 47.5 Å². The SMILES string of the molecule is O=C(O)C1C=CC(NC(=O)N2Cc3ccccc3C2)C1. The fourth-order valence-corrected chi connectivity index (χ4v) is 2.72. The van der Waals surface area contributed by atoms with E-state index in [1.807, 2.05) is 24.3 Å². The summed E-state index contributed by atoms with van der Waals surface area (Å²) < 4.78 is 0. The van der Waals surface area contributed by atoms with Crippen LogP contribution in [0.5, 0.6) is 0 Å². The van der Waals surface area contributed by atoms with Crippen LogP contribution in [0.15, 0.2) is 36.4 Å². The second-order valence-electron chi connectivity index (χ2n) is 5.25. The third kappa shape index (κ3) is 2.39. The average molecular weight is 272 g/mol. The van der Waals surface area contributed by atoms with Gasteiger partial charge in [-0.15, -0.1) is 0 Å². The average Bonchev–Trinajstić information content (AvgIpc) is 3.04. The van der Waals surface area contributed by atoms with Gasteiger partial charge in [0.2, 0.25) is 0 Å². The second kappa shape index (κ2) is 5.00. The molecule has 1 aromatic rings. The minimum Gasteiger partial charge on any atom is -0.481 e. The number of nitrogens with one attached hydrogen (secondary N) is 1. The Balaban J connectivity index is 1.57. The molecule has 0 radical (unpaired) electrons. The van der Waals surface area contributed by atoms with Crippen LogP contribution in [0.25, 0.3) is 0 Å². The van der Waals surface area contributed by atoms with Crippen LogP contribution in [0.4, 0.5) is 4.79 Å². The fourth-order valence-electron chi connectivity index (χ4n) is 2.72. The summed E-state index contributed by atoms with van der Waals surface area (Å²) in [4.78, 5) is 24.8. The van der Waals surface area contributed by atoms with Crippen LogP contribution < -0.4 is 5.32 Å². The summed E-state index contributed by atoms with van der Waals surface area (Å²) in [6, 6.07) is 7.67. The van der Waals surface area contributed by atoms with Gasteiger partial charge in [0, 0.05) is 13.1 Å². The van der Waals surface area contributed by atoms with Crippen LogP contribution in [0, 0.1) is 5.92 Å². The minimum atomic E-state index is -0.841. The van der Waals surface area contributed by atoms with Crippen LogP contribution in [-0.4, -0.2) is 28.0 Å². The number of benzene rings is 1. The first-order valence-corrected chi connectivity index (χ1v) is 6.67. The number of fused-ring (bicyclic) bond motifs is 1. The Labute approximate surface area is 116 Å². The maximum Gasteiger partial charge on any atom is 0.318 e. The van der Waals surface area contributed by atoms with E-state index in [1.165, 1.54) is 11.1 Å². The molecule has 1 aromatic carbocycles. The number of rotatable bonds is 2. The molecule has 20 heavy (non-hydrogen) atoms. The van der Waals surface area contributed by atoms with E-state index in [0.717, 1.165) is 0 Å². The monoisotopic (exact) mass is 272 g/mol. The normalized spacial score (nSPS) is 23.7. The van der Waals surface area contributed by atoms with Gasteiger partial charge in [-0.25, -0.2) is 4.79 Å². The summed E-state index contributed by atoms with van der Waals surface area (Å²) in [5.41, 5.74) is 2.35. The summed E-state index contributed by atoms with van der Waals surface area (Å²) in [7, 11) is 0. The zero-order valence-corrected chi connectivity index (χ0v) is 11.0. The van der Waals surface area contributed by atoms with Gasteiger partial charge in [0.1, 0.15) is 0 Å². The zero-order chi connectivity index (χ0) is 14.1. The number of hydrogen-bond donors (Lipinski definition) is 2. The van der Waals surface area contributed by atoms with Crippen LogP contribution in [0.3, 0.4) is 0 Å². The smallest absolute Gasteiger partial charge is 0.318 e. The molecule has 0 aromatic heterocycles. The summed E-state index contributed by atoms with van der Waals surface area (Å²) in [6.07, 6.45) is 3.84. The Hall–Kier alpha value is -2.30. The molecular formula is C15H16N2O3. The number of urea groups is 1. The van der Waals surface area contributed by atoms with E-state index in [0.29, 0.717) is 19.5 Å². The van der Waals surface area contributed by atoms with Crippen molar-refractivity contribution >= 4 is 12.0 Å². The standard InChI is InChI=1S/C15H16N2O3/c18-14(19)10-5-6-13(7-10)16-15(20)17-8-11-3-1-2-4-12(11)9-17/h1-6,10,13H,7-9H2,(H,16,20)(H,18,19). The van der Waals surface area contributed by atoms with Gasteiger partial charge in [0.25, 0.3) is 0 Å². The zero-order valence-electron chi connectivity index (χ0n) is 11.0. The summed E-state index contributed by atoms with van der Waals surface area (Å²) >= 11 is 0. The van der Waals surface area contributed by atoms with Gasteiger partial charge in [-0.2, -0.15) is 0 Å². The Morgan fingerprint density at radius 3 is 2.35 bits per heavy atom. The van der Waals surface area contributed by atoms with Gasteiger partial charge in [-0.05, 0) is 17.5 Å². The van der Waals surface area contributed by atoms with Gasteiger partial charge in [0.15, 0.2) is 0 Å². The molecule has 2 atom stereocenters. The highest BCUT2D eigenvalue weighted by Crippen LogP contribution is 2.23. The predicted octanol–water partition coefficient (Wildman–Crippen LogP) is 1.74. The van der Waals surface area contributed by atoms with Gasteiger partial charge in [-0.1, -0.05) is 36.4 Å². The minimum absolute atomic E-state index is 0.137. The molecule has 1 aliphatic carbocycles. The molecule has 0 bridgehead atoms. The Bertz CT molecular complexity index is 557. The molecule has 2 aliphatic rings. The summed E-state index contributed by atoms with van der Waals surface area (Å²) in [5.74, 6) is -1.33. The molecule has 2 N–H and O–H groups in total. The molecule has 2 amide bonds. The molecule has 3 rings (SSSR count). The topological polar surface area (TPSA) is 69.6 Å². The maximum atomic E-state index is 12.2. The molecule has 0 fully saturated rings. The van der Waals surface area contributed by atoms with Crippen LogP contribution in [0.1, 0.15) is 17.5 Å². The van der Waals surface area contributed by atoms with Crippen LogP contribution >= 0.6 is 0 Å². The highest BCUT2D eigenvalue weighted by molar-refractivity contribution is 5.77. The lowest BCUT2D eigenvalue weighted by Crippen LogP contribution is -2.41. The maximum absolute atomic E-state index is 12.2. The van der Waals surface area contributed by atoms with Gasteiger partial charge < -0.3 is 15.3 Å². The van der Waals surface area contributed by atoms with Crippen LogP contribution in [0.2, 0.25) is 0 Å². The molecular weight excluding hydrogens is 256 g/mol. The van der Waals surface area contributed by atoms with E-state index >= 15 is 0 Å². The van der Waals surface area contributed by atoms with Crippen molar-refractivity contribution in [2.24, 2.45) is 5.92 Å². The molecule has 5 heteroatoms. The van der Waals surface area contributed by atoms with E-state index in [-0.39, 0.29) is 12.1 Å². The summed E-state index contributed by atoms with van der Waals surface area (Å²) in [6.45, 7) is 1.22. The second-order valence-corrected chi connectivity index (χ2v) is 5.25. The highest BCUT2D eigenvalue weighted by atomic mass is 16.4. The highest BCUT2D eigenvalue weighted by Gasteiger charge is 2.28. The van der Waals surface area contributed by atoms with E-state index in [1.54, 1.807) is 17.1 Å². The quantitative estimate of drug-likeness (QED) is 0.806. The predicted molar refractivity (Wildman–Crippen MR) is 72.9 cm³/mol. The number of carbonyl (C=O) groups is 2. The number of carboxylic acid groups (broad SMARTS) is 1. The Morgan fingerprint density at radius 1 is 1.15 bits per heavy atom. The first kappa shape index (κ1) is 12.7. The lowest BCUT2D eigenvalue weighted by atomic mass is 10.1. The third-order valence-electron chi connectivity index (χ3n) is 3.84. The van der Waals surface area contributed by atoms with Gasteiger partial charge >= 0.3 is 12.0 Å². The van der Waals surface area contributed by atoms with Gasteiger partial charge in [0.05, 0.1) is 12.0 Å². The number of nitrogens with zero attached hydrogens (tertiary/aromatic N) is 1.